The summed E-state index contributed by atoms with van der Waals surface area (Å²) in [7, 11) is -1.40. The predicted molar refractivity (Wildman–Crippen MR) is 40.1 cm³/mol. The summed E-state index contributed by atoms with van der Waals surface area (Å²) in [6, 6.07) is 0. The first kappa shape index (κ1) is 6.81. The fourth-order valence-electron chi connectivity index (χ4n) is 1.06. The Labute approximate surface area is 55.9 Å². The molecule has 0 bridgehead atoms. The van der Waals surface area contributed by atoms with Crippen LogP contribution in [0.1, 0.15) is 12.8 Å². The molecule has 2 nitrogen and oxygen atoms in total. The minimum absolute atomic E-state index is 0.847. The van der Waals surface area contributed by atoms with Crippen LogP contribution >= 0.6 is 10.0 Å². The predicted octanol–water partition coefficient (Wildman–Crippen LogP) is 0.965. The minimum Gasteiger partial charge on any atom is -0.292 e. The van der Waals surface area contributed by atoms with Gasteiger partial charge in [0, 0.05) is 0 Å². The Hall–Kier alpha value is -0.310. The first-order chi connectivity index (χ1) is 4.33. The fourth-order valence-corrected chi connectivity index (χ4v) is 3.18. The monoisotopic (exact) mass is 146 g/mol. The highest BCUT2D eigenvalue weighted by Gasteiger charge is 2.26. The zero-order chi connectivity index (χ0) is 6.74. The molecule has 0 radical (unpaired) electrons. The molecule has 0 aliphatic carbocycles. The summed E-state index contributed by atoms with van der Waals surface area (Å²) < 4.78 is 0. The molecule has 0 aromatic heterocycles. The minimum atomic E-state index is -1.40. The smallest absolute Gasteiger partial charge is 0.165 e. The molecular weight excluding hydrogens is 136 g/mol. The number of carbonyl (C=O) groups excluding carboxylic acids is 2. The van der Waals surface area contributed by atoms with Crippen LogP contribution in [-0.2, 0) is 9.59 Å². The Kier molecular flexibility index (Phi) is 1.90. The maximum Gasteiger partial charge on any atom is 0.165 e. The van der Waals surface area contributed by atoms with Crippen molar-refractivity contribution in [2.45, 2.75) is 12.8 Å². The molecule has 1 fully saturated rings. The zero-order valence-electron chi connectivity index (χ0n) is 5.21. The normalized spacial score (nSPS) is 27.1. The molecule has 1 heterocycles. The van der Waals surface area contributed by atoms with Gasteiger partial charge in [-0.3, -0.25) is 9.59 Å². The molecule has 3 heteroatoms. The lowest BCUT2D eigenvalue weighted by molar-refractivity contribution is 0.565. The van der Waals surface area contributed by atoms with Gasteiger partial charge in [0.1, 0.15) is 0 Å². The van der Waals surface area contributed by atoms with E-state index in [-0.39, 0.29) is 0 Å². The van der Waals surface area contributed by atoms with Crippen molar-refractivity contribution in [2.24, 2.45) is 0 Å². The summed E-state index contributed by atoms with van der Waals surface area (Å²) in [5.41, 5.74) is 1.76. The van der Waals surface area contributed by atoms with Gasteiger partial charge >= 0.3 is 0 Å². The van der Waals surface area contributed by atoms with E-state index in [9.17, 15) is 9.59 Å². The molecular formula is C6H10O2S. The van der Waals surface area contributed by atoms with Gasteiger partial charge in [0.2, 0.25) is 0 Å². The quantitative estimate of drug-likeness (QED) is 0.544. The Bertz CT molecular complexity index is 117. The molecule has 1 saturated heterocycles. The van der Waals surface area contributed by atoms with Crippen molar-refractivity contribution in [1.82, 2.24) is 0 Å². The van der Waals surface area contributed by atoms with Crippen LogP contribution in [0.15, 0.2) is 0 Å². The molecule has 0 saturated carbocycles. The number of hydrogen-bond donors (Lipinski definition) is 0. The summed E-state index contributed by atoms with van der Waals surface area (Å²) in [5.74, 6) is 1.69. The summed E-state index contributed by atoms with van der Waals surface area (Å²) in [4.78, 5) is 20.7. The van der Waals surface area contributed by atoms with Gasteiger partial charge in [-0.05, 0) is 24.3 Å². The standard InChI is InChI=1S/C6H10O2S/c7-5-9(6-8)3-1-2-4-9/h5-6H,1-4H2. The van der Waals surface area contributed by atoms with E-state index >= 15 is 0 Å². The van der Waals surface area contributed by atoms with Gasteiger partial charge in [-0.2, -0.15) is 0 Å². The van der Waals surface area contributed by atoms with Gasteiger partial charge in [-0.25, -0.2) is 0 Å². The van der Waals surface area contributed by atoms with E-state index in [2.05, 4.69) is 0 Å². The average molecular weight is 146 g/mol. The molecule has 0 spiro atoms. The highest BCUT2D eigenvalue weighted by molar-refractivity contribution is 8.53. The van der Waals surface area contributed by atoms with Crippen LogP contribution in [-0.4, -0.2) is 22.7 Å². The van der Waals surface area contributed by atoms with E-state index in [0.717, 1.165) is 35.6 Å². The second-order valence-corrected chi connectivity index (χ2v) is 5.53. The third-order valence-corrected chi connectivity index (χ3v) is 4.55. The fraction of sp³-hybridized carbons (Fsp3) is 0.667. The molecule has 0 amide bonds. The van der Waals surface area contributed by atoms with E-state index in [1.165, 1.54) is 0 Å². The van der Waals surface area contributed by atoms with E-state index in [0.29, 0.717) is 0 Å². The van der Waals surface area contributed by atoms with Crippen molar-refractivity contribution in [3.63, 3.8) is 0 Å². The molecule has 0 aromatic rings. The van der Waals surface area contributed by atoms with Gasteiger partial charge < -0.3 is 0 Å². The van der Waals surface area contributed by atoms with Crippen LogP contribution in [0.25, 0.3) is 0 Å². The van der Waals surface area contributed by atoms with Crippen LogP contribution in [0.4, 0.5) is 0 Å². The lowest BCUT2D eigenvalue weighted by Crippen LogP contribution is -2.02. The maximum atomic E-state index is 10.4. The van der Waals surface area contributed by atoms with Crippen LogP contribution in [0, 0.1) is 0 Å². The second-order valence-electron chi connectivity index (χ2n) is 2.31. The molecule has 1 aliphatic heterocycles. The van der Waals surface area contributed by atoms with Crippen molar-refractivity contribution in [3.05, 3.63) is 0 Å². The first-order valence-electron chi connectivity index (χ1n) is 3.02. The largest absolute Gasteiger partial charge is 0.292 e. The van der Waals surface area contributed by atoms with Crippen LogP contribution in [0.5, 0.6) is 0 Å². The van der Waals surface area contributed by atoms with E-state index in [1.807, 2.05) is 0 Å². The van der Waals surface area contributed by atoms with E-state index in [1.54, 1.807) is 0 Å². The van der Waals surface area contributed by atoms with Crippen molar-refractivity contribution in [1.29, 1.82) is 0 Å². The Morgan fingerprint density at radius 1 is 1.00 bits per heavy atom. The molecule has 9 heavy (non-hydrogen) atoms. The lowest BCUT2D eigenvalue weighted by Gasteiger charge is -2.17. The molecule has 52 valence electrons. The topological polar surface area (TPSA) is 34.1 Å². The summed E-state index contributed by atoms with van der Waals surface area (Å²) in [5, 5.41) is 0. The average Bonchev–Trinajstić information content (AvgIpc) is 2.36. The molecule has 0 atom stereocenters. The third kappa shape index (κ3) is 1.15. The van der Waals surface area contributed by atoms with E-state index < -0.39 is 10.0 Å². The Morgan fingerprint density at radius 3 is 1.67 bits per heavy atom. The summed E-state index contributed by atoms with van der Waals surface area (Å²) in [6.07, 6.45) is 2.12. The molecule has 1 rings (SSSR count). The van der Waals surface area contributed by atoms with Crippen molar-refractivity contribution in [3.8, 4) is 0 Å². The maximum absolute atomic E-state index is 10.4. The second kappa shape index (κ2) is 2.52. The first-order valence-corrected chi connectivity index (χ1v) is 5.12. The van der Waals surface area contributed by atoms with Crippen LogP contribution < -0.4 is 0 Å². The van der Waals surface area contributed by atoms with Gasteiger partial charge in [0.05, 0.1) is 0 Å². The van der Waals surface area contributed by atoms with Crippen molar-refractivity contribution < 1.29 is 9.59 Å². The zero-order valence-corrected chi connectivity index (χ0v) is 6.02. The van der Waals surface area contributed by atoms with Crippen LogP contribution in [0.3, 0.4) is 0 Å². The summed E-state index contributed by atoms with van der Waals surface area (Å²) >= 11 is 0. The molecule has 1 aliphatic rings. The third-order valence-electron chi connectivity index (χ3n) is 1.68. The Balaban J connectivity index is 2.66. The number of hydrogen-bond acceptors (Lipinski definition) is 2. The van der Waals surface area contributed by atoms with Crippen molar-refractivity contribution in [2.75, 3.05) is 11.5 Å². The highest BCUT2D eigenvalue weighted by atomic mass is 32.3. The number of carbonyl (C=O) groups is 2. The molecule has 0 N–H and O–H groups in total. The molecule has 0 aromatic carbocycles. The van der Waals surface area contributed by atoms with Crippen molar-refractivity contribution >= 4 is 21.3 Å². The van der Waals surface area contributed by atoms with Gasteiger partial charge in [-0.1, -0.05) is 0 Å². The van der Waals surface area contributed by atoms with E-state index in [4.69, 9.17) is 0 Å². The van der Waals surface area contributed by atoms with Gasteiger partial charge in [0.15, 0.2) is 11.2 Å². The van der Waals surface area contributed by atoms with Gasteiger partial charge in [0.25, 0.3) is 0 Å². The summed E-state index contributed by atoms with van der Waals surface area (Å²) in [6.45, 7) is 0. The number of rotatable bonds is 2. The molecule has 0 unspecified atom stereocenters. The van der Waals surface area contributed by atoms with Gasteiger partial charge in [-0.15, -0.1) is 10.0 Å². The van der Waals surface area contributed by atoms with Crippen LogP contribution in [0.2, 0.25) is 0 Å². The SMILES string of the molecule is O=CS1(C=O)CCCC1. The Morgan fingerprint density at radius 2 is 1.44 bits per heavy atom. The highest BCUT2D eigenvalue weighted by Crippen LogP contribution is 2.47. The lowest BCUT2D eigenvalue weighted by atomic mass is 10.4.